The minimum Gasteiger partial charge on any atom is -0.508 e. The van der Waals surface area contributed by atoms with E-state index in [0.29, 0.717) is 18.7 Å². The molecule has 0 radical (unpaired) electrons. The lowest BCUT2D eigenvalue weighted by molar-refractivity contribution is 0.153. The van der Waals surface area contributed by atoms with Gasteiger partial charge in [-0.3, -0.25) is 4.90 Å². The molecule has 1 aromatic carbocycles. The van der Waals surface area contributed by atoms with Crippen molar-refractivity contribution in [3.8, 4) is 11.5 Å². The predicted molar refractivity (Wildman–Crippen MR) is 65.4 cm³/mol. The van der Waals surface area contributed by atoms with E-state index in [1.165, 1.54) is 12.0 Å². The Bertz CT molecular complexity index is 416. The Labute approximate surface area is 101 Å². The molecule has 0 bridgehead atoms. The van der Waals surface area contributed by atoms with Crippen molar-refractivity contribution in [1.82, 2.24) is 10.2 Å². The molecular formula is C13H18N2O2. The number of likely N-dealkylation sites (N-methyl/N-ethyl adjacent to an activating group) is 1. The number of nitrogens with one attached hydrogen (secondary N) is 1. The molecule has 2 heterocycles. The monoisotopic (exact) mass is 234 g/mol. The average molecular weight is 234 g/mol. The Hall–Kier alpha value is -1.26. The number of phenols is 1. The third-order valence-electron chi connectivity index (χ3n) is 3.85. The Morgan fingerprint density at radius 3 is 3.12 bits per heavy atom. The highest BCUT2D eigenvalue weighted by Crippen LogP contribution is 2.38. The summed E-state index contributed by atoms with van der Waals surface area (Å²) in [6.45, 7) is 2.84. The van der Waals surface area contributed by atoms with Crippen LogP contribution >= 0.6 is 0 Å². The van der Waals surface area contributed by atoms with Gasteiger partial charge in [0.25, 0.3) is 0 Å². The molecule has 1 saturated heterocycles. The number of benzene rings is 1. The van der Waals surface area contributed by atoms with Crippen LogP contribution in [0.25, 0.3) is 0 Å². The van der Waals surface area contributed by atoms with Crippen molar-refractivity contribution in [3.05, 3.63) is 23.8 Å². The molecule has 2 N–H and O–H groups in total. The number of hydrogen-bond donors (Lipinski definition) is 2. The van der Waals surface area contributed by atoms with E-state index in [2.05, 4.69) is 17.3 Å². The van der Waals surface area contributed by atoms with Gasteiger partial charge in [0.05, 0.1) is 6.04 Å². The normalized spacial score (nSPS) is 27.2. The van der Waals surface area contributed by atoms with E-state index in [4.69, 9.17) is 4.74 Å². The lowest BCUT2D eigenvalue weighted by Gasteiger charge is -2.29. The lowest BCUT2D eigenvalue weighted by Crippen LogP contribution is -2.37. The quantitative estimate of drug-likeness (QED) is 0.805. The zero-order chi connectivity index (χ0) is 11.8. The fourth-order valence-electron chi connectivity index (χ4n) is 2.76. The second-order valence-electron chi connectivity index (χ2n) is 4.86. The molecule has 1 fully saturated rings. The average Bonchev–Trinajstić information content (AvgIpc) is 2.96. The van der Waals surface area contributed by atoms with Crippen LogP contribution in [0.4, 0.5) is 0 Å². The number of nitrogens with zero attached hydrogens (tertiary/aromatic N) is 1. The molecule has 2 atom stereocenters. The van der Waals surface area contributed by atoms with E-state index in [1.54, 1.807) is 12.1 Å². The molecule has 2 aliphatic heterocycles. The van der Waals surface area contributed by atoms with Crippen LogP contribution in [0, 0.1) is 0 Å². The van der Waals surface area contributed by atoms with Crippen molar-refractivity contribution in [2.45, 2.75) is 18.5 Å². The third kappa shape index (κ3) is 1.87. The molecule has 92 valence electrons. The van der Waals surface area contributed by atoms with E-state index < -0.39 is 0 Å². The molecule has 0 spiro atoms. The number of ether oxygens (including phenoxy) is 1. The highest BCUT2D eigenvalue weighted by Gasteiger charge is 2.32. The van der Waals surface area contributed by atoms with Crippen LogP contribution in [-0.4, -0.2) is 42.8 Å². The third-order valence-corrected chi connectivity index (χ3v) is 3.85. The SMILES string of the molecule is CN(C1CCNC1)C1COc2cc(O)ccc21. The first kappa shape index (κ1) is 10.9. The van der Waals surface area contributed by atoms with Gasteiger partial charge in [-0.2, -0.15) is 0 Å². The molecule has 2 unspecified atom stereocenters. The van der Waals surface area contributed by atoms with E-state index in [-0.39, 0.29) is 5.75 Å². The van der Waals surface area contributed by atoms with Crippen LogP contribution in [0.3, 0.4) is 0 Å². The maximum absolute atomic E-state index is 9.43. The Kier molecular flexibility index (Phi) is 2.68. The standard InChI is InChI=1S/C13H18N2O2/c1-15(9-4-5-14-7-9)12-8-17-13-6-10(16)2-3-11(12)13/h2-3,6,9,12,14,16H,4-5,7-8H2,1H3. The lowest BCUT2D eigenvalue weighted by atomic mass is 10.1. The van der Waals surface area contributed by atoms with Crippen LogP contribution in [0.5, 0.6) is 11.5 Å². The van der Waals surface area contributed by atoms with Gasteiger partial charge in [0.15, 0.2) is 0 Å². The van der Waals surface area contributed by atoms with Crippen LogP contribution in [0.15, 0.2) is 18.2 Å². The summed E-state index contributed by atoms with van der Waals surface area (Å²) in [6, 6.07) is 6.32. The molecule has 0 aromatic heterocycles. The number of rotatable bonds is 2. The van der Waals surface area contributed by atoms with Gasteiger partial charge >= 0.3 is 0 Å². The first-order valence-corrected chi connectivity index (χ1v) is 6.14. The Balaban J connectivity index is 1.82. The number of aromatic hydroxyl groups is 1. The van der Waals surface area contributed by atoms with Crippen molar-refractivity contribution >= 4 is 0 Å². The minimum absolute atomic E-state index is 0.273. The summed E-state index contributed by atoms with van der Waals surface area (Å²) in [5, 5.41) is 12.8. The molecule has 0 saturated carbocycles. The summed E-state index contributed by atoms with van der Waals surface area (Å²) < 4.78 is 5.65. The topological polar surface area (TPSA) is 44.7 Å². The van der Waals surface area contributed by atoms with Crippen LogP contribution in [0.2, 0.25) is 0 Å². The second-order valence-corrected chi connectivity index (χ2v) is 4.86. The fourth-order valence-corrected chi connectivity index (χ4v) is 2.76. The van der Waals surface area contributed by atoms with Crippen molar-refractivity contribution in [2.75, 3.05) is 26.7 Å². The molecule has 4 nitrogen and oxygen atoms in total. The van der Waals surface area contributed by atoms with Crippen LogP contribution in [0.1, 0.15) is 18.0 Å². The molecule has 2 aliphatic rings. The summed E-state index contributed by atoms with van der Waals surface area (Å²) in [6.07, 6.45) is 1.19. The van der Waals surface area contributed by atoms with Crippen LogP contribution < -0.4 is 10.1 Å². The number of fused-ring (bicyclic) bond motifs is 1. The highest BCUT2D eigenvalue weighted by atomic mass is 16.5. The minimum atomic E-state index is 0.273. The fraction of sp³-hybridized carbons (Fsp3) is 0.538. The maximum Gasteiger partial charge on any atom is 0.127 e. The van der Waals surface area contributed by atoms with Crippen molar-refractivity contribution < 1.29 is 9.84 Å². The van der Waals surface area contributed by atoms with Gasteiger partial charge in [0.2, 0.25) is 0 Å². The first-order chi connectivity index (χ1) is 8.25. The molecule has 3 rings (SSSR count). The van der Waals surface area contributed by atoms with Gasteiger partial charge < -0.3 is 15.2 Å². The molecule has 4 heteroatoms. The zero-order valence-corrected chi connectivity index (χ0v) is 10.0. The summed E-state index contributed by atoms with van der Waals surface area (Å²) in [7, 11) is 2.16. The van der Waals surface area contributed by atoms with Crippen molar-refractivity contribution in [2.24, 2.45) is 0 Å². The van der Waals surface area contributed by atoms with E-state index >= 15 is 0 Å². The number of phenolic OH excluding ortho intramolecular Hbond substituents is 1. The Morgan fingerprint density at radius 1 is 1.47 bits per heavy atom. The summed E-state index contributed by atoms with van der Waals surface area (Å²) in [4.78, 5) is 2.39. The molecule has 0 amide bonds. The van der Waals surface area contributed by atoms with Gasteiger partial charge in [-0.1, -0.05) is 0 Å². The molecule has 0 aliphatic carbocycles. The van der Waals surface area contributed by atoms with E-state index in [1.807, 2.05) is 6.07 Å². The number of hydrogen-bond acceptors (Lipinski definition) is 4. The Morgan fingerprint density at radius 2 is 2.35 bits per heavy atom. The van der Waals surface area contributed by atoms with Gasteiger partial charge in [0, 0.05) is 24.2 Å². The van der Waals surface area contributed by atoms with Crippen molar-refractivity contribution in [3.63, 3.8) is 0 Å². The predicted octanol–water partition coefficient (Wildman–Crippen LogP) is 1.12. The first-order valence-electron chi connectivity index (χ1n) is 6.14. The second kappa shape index (κ2) is 4.20. The molecule has 1 aromatic rings. The van der Waals surface area contributed by atoms with Crippen molar-refractivity contribution in [1.29, 1.82) is 0 Å². The maximum atomic E-state index is 9.43. The largest absolute Gasteiger partial charge is 0.508 e. The summed E-state index contributed by atoms with van der Waals surface area (Å²) >= 11 is 0. The van der Waals surface area contributed by atoms with Gasteiger partial charge in [-0.25, -0.2) is 0 Å². The summed E-state index contributed by atoms with van der Waals surface area (Å²) in [5.41, 5.74) is 1.19. The van der Waals surface area contributed by atoms with E-state index in [0.717, 1.165) is 18.8 Å². The smallest absolute Gasteiger partial charge is 0.127 e. The van der Waals surface area contributed by atoms with Gasteiger partial charge in [0.1, 0.15) is 18.1 Å². The highest BCUT2D eigenvalue weighted by molar-refractivity contribution is 5.44. The van der Waals surface area contributed by atoms with Crippen LogP contribution in [-0.2, 0) is 0 Å². The zero-order valence-electron chi connectivity index (χ0n) is 10.0. The molecular weight excluding hydrogens is 216 g/mol. The van der Waals surface area contributed by atoms with Gasteiger partial charge in [-0.15, -0.1) is 0 Å². The van der Waals surface area contributed by atoms with Gasteiger partial charge in [-0.05, 0) is 32.1 Å². The molecule has 17 heavy (non-hydrogen) atoms. The van der Waals surface area contributed by atoms with E-state index in [9.17, 15) is 5.11 Å². The summed E-state index contributed by atoms with van der Waals surface area (Å²) in [5.74, 6) is 1.10.